The quantitative estimate of drug-likeness (QED) is 0.0986. The summed E-state index contributed by atoms with van der Waals surface area (Å²) in [6, 6.07) is 15.5. The number of aryl methyl sites for hydroxylation is 1. The van der Waals surface area contributed by atoms with Gasteiger partial charge in [-0.1, -0.05) is 47.6 Å². The van der Waals surface area contributed by atoms with Gasteiger partial charge in [-0.15, -0.1) is 4.91 Å². The second-order valence-corrected chi connectivity index (χ2v) is 15.3. The van der Waals surface area contributed by atoms with E-state index < -0.39 is 58.3 Å². The maximum atomic E-state index is 12.8. The number of piperidine rings is 1. The number of hydrogen-bond donors (Lipinski definition) is 2. The minimum absolute atomic E-state index is 0.0922. The van der Waals surface area contributed by atoms with Crippen LogP contribution < -0.4 is 20.0 Å². The van der Waals surface area contributed by atoms with Crippen LogP contribution in [0.5, 0.6) is 0 Å². The summed E-state index contributed by atoms with van der Waals surface area (Å²) in [6.45, 7) is 3.51. The third-order valence-electron chi connectivity index (χ3n) is 8.37. The zero-order chi connectivity index (χ0) is 40.1. The van der Waals surface area contributed by atoms with Crippen LogP contribution in [0.15, 0.2) is 68.6 Å². The fourth-order valence-corrected chi connectivity index (χ4v) is 7.09. The highest BCUT2D eigenvalue weighted by atomic mass is 32.2. The summed E-state index contributed by atoms with van der Waals surface area (Å²) in [5, 5.41) is 43.1. The van der Waals surface area contributed by atoms with Crippen LogP contribution in [0.1, 0.15) is 50.7 Å². The minimum Gasteiger partial charge on any atom is -0.550 e. The first-order valence-corrected chi connectivity index (χ1v) is 18.5. The summed E-state index contributed by atoms with van der Waals surface area (Å²) in [7, 11) is -2.15. The number of carbonyl (C=O) groups excluding carboxylic acids is 5. The molecule has 0 aliphatic carbocycles. The van der Waals surface area contributed by atoms with Crippen molar-refractivity contribution in [3.63, 3.8) is 0 Å². The van der Waals surface area contributed by atoms with Gasteiger partial charge in [0.25, 0.3) is 10.0 Å². The van der Waals surface area contributed by atoms with E-state index in [1.54, 1.807) is 19.1 Å². The number of sulfonamides is 1. The zero-order valence-electron chi connectivity index (χ0n) is 29.2. The molecule has 0 radical (unpaired) electrons. The number of amides is 1. The number of carboxylic acid groups (broad SMARTS) is 3. The molecule has 1 saturated heterocycles. The van der Waals surface area contributed by atoms with E-state index in [-0.39, 0.29) is 29.1 Å². The lowest BCUT2D eigenvalue weighted by Gasteiger charge is -2.37. The molecule has 0 saturated carbocycles. The van der Waals surface area contributed by atoms with Gasteiger partial charge in [-0.05, 0) is 64.0 Å². The van der Waals surface area contributed by atoms with Gasteiger partial charge in [-0.25, -0.2) is 13.1 Å². The van der Waals surface area contributed by atoms with Crippen molar-refractivity contribution in [1.82, 2.24) is 14.8 Å². The summed E-state index contributed by atoms with van der Waals surface area (Å²) in [6.07, 6.45) is -1.36. The Morgan fingerprint density at radius 1 is 0.981 bits per heavy atom. The van der Waals surface area contributed by atoms with Crippen molar-refractivity contribution >= 4 is 51.8 Å². The van der Waals surface area contributed by atoms with E-state index in [9.17, 15) is 52.6 Å². The summed E-state index contributed by atoms with van der Waals surface area (Å²) in [4.78, 5) is 67.5. The zero-order valence-corrected chi connectivity index (χ0v) is 30.8. The first-order chi connectivity index (χ1) is 25.4. The fraction of sp³-hybridized carbons (Fsp3) is 0.412. The van der Waals surface area contributed by atoms with E-state index in [1.807, 2.05) is 42.1 Å². The molecule has 1 fully saturated rings. The van der Waals surface area contributed by atoms with Crippen molar-refractivity contribution in [2.75, 3.05) is 26.7 Å². The number of hydrogen-bond acceptors (Lipinski definition) is 18. The highest BCUT2D eigenvalue weighted by molar-refractivity contribution is 7.99. The summed E-state index contributed by atoms with van der Waals surface area (Å²) < 4.78 is 40.9. The molecule has 0 unspecified atom stereocenters. The lowest BCUT2D eigenvalue weighted by Crippen LogP contribution is -2.54. The number of carbonyl (C=O) groups is 5. The van der Waals surface area contributed by atoms with E-state index >= 15 is 0 Å². The van der Waals surface area contributed by atoms with Gasteiger partial charge in [-0.3, -0.25) is 9.59 Å². The molecule has 0 spiro atoms. The molecule has 2 N–H and O–H groups in total. The minimum atomic E-state index is -4.15. The highest BCUT2D eigenvalue weighted by Gasteiger charge is 2.36. The number of nitrogens with zero attached hydrogens (tertiary/aromatic N) is 3. The molecule has 0 bridgehead atoms. The molecular weight excluding hydrogens is 753 g/mol. The Labute approximate surface area is 314 Å². The lowest BCUT2D eigenvalue weighted by atomic mass is 9.93. The third kappa shape index (κ3) is 12.5. The molecule has 1 amide bonds. The second-order valence-electron chi connectivity index (χ2n) is 12.4. The van der Waals surface area contributed by atoms with Crippen molar-refractivity contribution in [1.29, 1.82) is 0 Å². The molecule has 292 valence electrons. The number of likely N-dealkylation sites (tertiary alicyclic amines) is 1. The maximum Gasteiger partial charge on any atom is 0.306 e. The molecule has 18 nitrogen and oxygen atoms in total. The van der Waals surface area contributed by atoms with Gasteiger partial charge in [0.05, 0.1) is 29.5 Å². The third-order valence-corrected chi connectivity index (χ3v) is 10.8. The van der Waals surface area contributed by atoms with Crippen LogP contribution >= 0.6 is 11.9 Å². The van der Waals surface area contributed by atoms with E-state index in [1.165, 1.54) is 12.1 Å². The number of nitrogens with one attached hydrogen (secondary N) is 1. The van der Waals surface area contributed by atoms with Crippen LogP contribution in [-0.4, -0.2) is 90.5 Å². The molecule has 1 aromatic heterocycles. The summed E-state index contributed by atoms with van der Waals surface area (Å²) in [5.41, 5.74) is -0.0254. The van der Waals surface area contributed by atoms with Gasteiger partial charge in [-0.2, -0.15) is 0 Å². The highest BCUT2D eigenvalue weighted by Crippen LogP contribution is 2.39. The normalized spacial score (nSPS) is 14.2. The van der Waals surface area contributed by atoms with Crippen LogP contribution in [-0.2, 0) is 38.7 Å². The first-order valence-electron chi connectivity index (χ1n) is 16.3. The van der Waals surface area contributed by atoms with Gasteiger partial charge in [0.1, 0.15) is 17.1 Å². The Morgan fingerprint density at radius 2 is 1.57 bits per heavy atom. The summed E-state index contributed by atoms with van der Waals surface area (Å²) >= 11 is 0.989. The SMILES string of the molecule is Cc1onc(-c2ccccc2)c1-c1ccc(S(=O)(=O)NC(=O)CCC(=O)OCCC2(SN=O)CCN(C)CC2)cc1.O=C([O-])CC(O)(CC(=O)[O-])C(=O)[O-]. The smallest absolute Gasteiger partial charge is 0.306 e. The number of rotatable bonds is 17. The lowest BCUT2D eigenvalue weighted by molar-refractivity contribution is -0.339. The topological polar surface area (TPSA) is 289 Å². The molecule has 3 aromatic rings. The predicted octanol–water partition coefficient (Wildman–Crippen LogP) is -0.538. The summed E-state index contributed by atoms with van der Waals surface area (Å²) in [5.74, 6) is -6.84. The number of aromatic nitrogens is 1. The first kappa shape index (κ1) is 43.2. The van der Waals surface area contributed by atoms with Crippen LogP contribution in [0.2, 0.25) is 0 Å². The van der Waals surface area contributed by atoms with Crippen molar-refractivity contribution in [3.05, 3.63) is 65.3 Å². The Hall–Kier alpha value is -5.18. The molecule has 1 aliphatic rings. The Bertz CT molecular complexity index is 1890. The van der Waals surface area contributed by atoms with E-state index in [2.05, 4.69) is 14.6 Å². The number of nitroso groups, excluding NO2 is 1. The van der Waals surface area contributed by atoms with Gasteiger partial charge in [0.2, 0.25) is 5.91 Å². The van der Waals surface area contributed by atoms with Gasteiger partial charge >= 0.3 is 5.97 Å². The molecular formula is C34H37N4O14S2-3. The number of aliphatic hydroxyl groups is 1. The van der Waals surface area contributed by atoms with E-state index in [4.69, 9.17) is 14.4 Å². The molecule has 20 heteroatoms. The molecule has 2 aromatic carbocycles. The van der Waals surface area contributed by atoms with Crippen LogP contribution in [0.4, 0.5) is 0 Å². The van der Waals surface area contributed by atoms with Crippen molar-refractivity contribution in [2.24, 2.45) is 4.58 Å². The van der Waals surface area contributed by atoms with Crippen molar-refractivity contribution in [2.45, 2.75) is 67.1 Å². The number of esters is 1. The Morgan fingerprint density at radius 3 is 2.11 bits per heavy atom. The number of carboxylic acids is 3. The van der Waals surface area contributed by atoms with Gasteiger partial charge < -0.3 is 49.0 Å². The van der Waals surface area contributed by atoms with E-state index in [0.29, 0.717) is 23.4 Å². The average Bonchev–Trinajstić information content (AvgIpc) is 3.49. The van der Waals surface area contributed by atoms with Crippen LogP contribution in [0.3, 0.4) is 0 Å². The van der Waals surface area contributed by atoms with Crippen LogP contribution in [0.25, 0.3) is 22.4 Å². The number of aliphatic carboxylic acids is 3. The Balaban J connectivity index is 0.000000515. The predicted molar refractivity (Wildman–Crippen MR) is 184 cm³/mol. The monoisotopic (exact) mass is 789 g/mol. The fourth-order valence-electron chi connectivity index (χ4n) is 5.38. The van der Waals surface area contributed by atoms with Gasteiger partial charge in [0.15, 0.2) is 0 Å². The second kappa shape index (κ2) is 19.2. The molecule has 1 aliphatic heterocycles. The molecule has 0 atom stereocenters. The molecule has 54 heavy (non-hydrogen) atoms. The van der Waals surface area contributed by atoms with E-state index in [0.717, 1.165) is 49.0 Å². The number of ether oxygens (including phenoxy) is 1. The van der Waals surface area contributed by atoms with Crippen molar-refractivity contribution in [3.8, 4) is 22.4 Å². The van der Waals surface area contributed by atoms with Gasteiger partial charge in [0, 0.05) is 58.0 Å². The standard InChI is InChI=1S/C28H32N4O7S2.C6H8O7/c1-20-26(27(29-39-20)22-6-4-3-5-7-22)21-8-10-23(11-9-21)41(36,37)30-24(33)12-13-25(34)38-19-16-28(40-31-35)14-17-32(2)18-15-28;7-3(8)1-6(13,5(11)12)2-4(9)10/h3-11H,12-19H2,1-2H3,(H,30,33);13H,1-2H2,(H,7,8)(H,9,10)(H,11,12)/p-3. The Kier molecular flexibility index (Phi) is 15.4. The molecule has 4 rings (SSSR count). The number of benzene rings is 2. The largest absolute Gasteiger partial charge is 0.550 e. The molecule has 2 heterocycles. The van der Waals surface area contributed by atoms with Crippen molar-refractivity contribution < 1.29 is 62.1 Å². The van der Waals surface area contributed by atoms with Crippen LogP contribution in [0, 0.1) is 11.8 Å². The average molecular weight is 790 g/mol. The maximum absolute atomic E-state index is 12.8.